The number of tetrazole rings is 1. The monoisotopic (exact) mass is 402 g/mol. The maximum Gasteiger partial charge on any atom is 0.217 e. The summed E-state index contributed by atoms with van der Waals surface area (Å²) in [7, 11) is 0. The van der Waals surface area contributed by atoms with Crippen molar-refractivity contribution >= 4 is 5.78 Å². The number of Topliss-reactive ketones (excluding diaryl/α,β-unsaturated/α-hetero) is 1. The lowest BCUT2D eigenvalue weighted by atomic mass is 10.0. The van der Waals surface area contributed by atoms with Crippen molar-refractivity contribution in [2.24, 2.45) is 0 Å². The fraction of sp³-hybridized carbons (Fsp3) is 0.286. The highest BCUT2D eigenvalue weighted by molar-refractivity contribution is 5.92. The number of nitrogens with one attached hydrogen (secondary N) is 1. The van der Waals surface area contributed by atoms with E-state index in [1.165, 1.54) is 0 Å². The zero-order chi connectivity index (χ0) is 20.9. The molecular weight excluding hydrogens is 380 g/mol. The molecule has 0 bridgehead atoms. The van der Waals surface area contributed by atoms with E-state index in [1.807, 2.05) is 54.2 Å². The van der Waals surface area contributed by atoms with E-state index in [1.54, 1.807) is 0 Å². The lowest BCUT2D eigenvalue weighted by Crippen LogP contribution is -2.06. The van der Waals surface area contributed by atoms with Crippen molar-refractivity contribution in [2.75, 3.05) is 0 Å². The van der Waals surface area contributed by atoms with Crippen molar-refractivity contribution in [2.45, 2.75) is 39.7 Å². The van der Waals surface area contributed by atoms with Crippen molar-refractivity contribution in [3.63, 3.8) is 0 Å². The second-order valence-electron chi connectivity index (χ2n) is 6.86. The Kier molecular flexibility index (Phi) is 5.69. The Morgan fingerprint density at radius 1 is 1.10 bits per heavy atom. The topological polar surface area (TPSA) is 115 Å². The zero-order valence-corrected chi connectivity index (χ0v) is 16.9. The Labute approximate surface area is 173 Å². The Morgan fingerprint density at radius 3 is 2.60 bits per heavy atom. The Bertz CT molecular complexity index is 1130. The van der Waals surface area contributed by atoms with Gasteiger partial charge in [-0.05, 0) is 23.3 Å². The van der Waals surface area contributed by atoms with Gasteiger partial charge in [0.25, 0.3) is 0 Å². The third-order valence-electron chi connectivity index (χ3n) is 4.73. The van der Waals surface area contributed by atoms with Crippen molar-refractivity contribution in [1.29, 1.82) is 0 Å². The van der Waals surface area contributed by atoms with E-state index >= 15 is 0 Å². The minimum atomic E-state index is -0.0438. The van der Waals surface area contributed by atoms with Gasteiger partial charge in [0.2, 0.25) is 17.4 Å². The first kappa shape index (κ1) is 19.6. The van der Waals surface area contributed by atoms with Gasteiger partial charge in [-0.25, -0.2) is 9.67 Å². The molecule has 4 rings (SSSR count). The number of carbonyl (C=O) groups excluding carboxylic acids is 1. The average molecular weight is 402 g/mol. The van der Waals surface area contributed by atoms with E-state index in [4.69, 9.17) is 0 Å². The molecule has 3 aromatic heterocycles. The van der Waals surface area contributed by atoms with Crippen LogP contribution in [0.5, 0.6) is 0 Å². The van der Waals surface area contributed by atoms with Gasteiger partial charge in [-0.2, -0.15) is 5.21 Å². The number of benzene rings is 1. The number of hydrogen-bond donors (Lipinski definition) is 1. The normalized spacial score (nSPS) is 11.0. The van der Waals surface area contributed by atoms with Crippen LogP contribution in [0.3, 0.4) is 0 Å². The maximum absolute atomic E-state index is 12.0. The van der Waals surface area contributed by atoms with Crippen LogP contribution >= 0.6 is 0 Å². The number of aromatic amines is 1. The van der Waals surface area contributed by atoms with Crippen molar-refractivity contribution in [1.82, 2.24) is 40.4 Å². The Balaban J connectivity index is 1.60. The predicted octanol–water partition coefficient (Wildman–Crippen LogP) is 3.11. The minimum Gasteiger partial charge on any atom is -0.291 e. The van der Waals surface area contributed by atoms with Crippen LogP contribution in [0, 0.1) is 0 Å². The van der Waals surface area contributed by atoms with Gasteiger partial charge in [0.05, 0.1) is 5.69 Å². The minimum absolute atomic E-state index is 0.0438. The van der Waals surface area contributed by atoms with E-state index in [2.05, 4.69) is 42.6 Å². The second-order valence-corrected chi connectivity index (χ2v) is 6.86. The molecule has 1 N–H and O–H groups in total. The quantitative estimate of drug-likeness (QED) is 0.450. The highest BCUT2D eigenvalue weighted by Gasteiger charge is 2.16. The van der Waals surface area contributed by atoms with E-state index < -0.39 is 0 Å². The van der Waals surface area contributed by atoms with Gasteiger partial charge in [-0.1, -0.05) is 44.2 Å². The number of aryl methyl sites for hydroxylation is 1. The molecule has 1 aromatic carbocycles. The van der Waals surface area contributed by atoms with Gasteiger partial charge in [0.1, 0.15) is 5.82 Å². The number of aromatic nitrogens is 8. The highest BCUT2D eigenvalue weighted by Crippen LogP contribution is 2.28. The summed E-state index contributed by atoms with van der Waals surface area (Å²) in [6, 6.07) is 11.8. The van der Waals surface area contributed by atoms with Crippen LogP contribution in [0.1, 0.15) is 48.7 Å². The zero-order valence-electron chi connectivity index (χ0n) is 16.9. The van der Waals surface area contributed by atoms with E-state index in [9.17, 15) is 4.79 Å². The highest BCUT2D eigenvalue weighted by atomic mass is 16.1. The number of carbonyl (C=O) groups is 1. The van der Waals surface area contributed by atoms with Crippen LogP contribution in [-0.4, -0.2) is 46.2 Å². The fourth-order valence-electron chi connectivity index (χ4n) is 3.22. The molecule has 0 atom stereocenters. The molecule has 0 aliphatic rings. The molecular formula is C21H22N8O. The summed E-state index contributed by atoms with van der Waals surface area (Å²) in [5.74, 6) is 1.55. The van der Waals surface area contributed by atoms with Crippen LogP contribution in [0.15, 0.2) is 42.6 Å². The molecule has 0 saturated heterocycles. The molecule has 4 aromatic rings. The summed E-state index contributed by atoms with van der Waals surface area (Å²) in [6.45, 7) is 4.62. The van der Waals surface area contributed by atoms with Gasteiger partial charge in [-0.3, -0.25) is 9.78 Å². The number of rotatable bonds is 8. The summed E-state index contributed by atoms with van der Waals surface area (Å²) in [4.78, 5) is 21.1. The molecule has 0 fully saturated rings. The Morgan fingerprint density at radius 2 is 1.93 bits per heavy atom. The number of H-pyrrole nitrogens is 1. The molecule has 0 amide bonds. The van der Waals surface area contributed by atoms with Crippen LogP contribution < -0.4 is 0 Å². The average Bonchev–Trinajstić information content (AvgIpc) is 3.45. The van der Waals surface area contributed by atoms with E-state index in [0.717, 1.165) is 41.2 Å². The smallest absolute Gasteiger partial charge is 0.217 e. The predicted molar refractivity (Wildman–Crippen MR) is 111 cm³/mol. The van der Waals surface area contributed by atoms with Crippen LogP contribution in [0.4, 0.5) is 0 Å². The summed E-state index contributed by atoms with van der Waals surface area (Å²) in [5.41, 5.74) is 3.60. The SMILES string of the molecule is CCCn1nc(C(=O)CC)nc1Cc1ccc(-c2ccccc2-c2nn[nH]n2)nc1. The standard InChI is InChI=1S/C21H22N8O/c1-3-11-29-19(23-21(26-29)18(30)4-2)12-14-9-10-17(22-13-14)15-7-5-6-8-16(15)20-24-27-28-25-20/h5-10,13H,3-4,11-12H2,1-2H3,(H,24,25,27,28). The first-order valence-corrected chi connectivity index (χ1v) is 9.94. The molecule has 0 saturated carbocycles. The number of pyridine rings is 1. The summed E-state index contributed by atoms with van der Waals surface area (Å²) >= 11 is 0. The lowest BCUT2D eigenvalue weighted by molar-refractivity contribution is 0.0978. The van der Waals surface area contributed by atoms with Gasteiger partial charge >= 0.3 is 0 Å². The summed E-state index contributed by atoms with van der Waals surface area (Å²) < 4.78 is 1.82. The molecule has 0 unspecified atom stereocenters. The van der Waals surface area contributed by atoms with Crippen molar-refractivity contribution < 1.29 is 4.79 Å². The molecule has 0 aliphatic carbocycles. The third kappa shape index (κ3) is 4.00. The van der Waals surface area contributed by atoms with Gasteiger partial charge in [-0.15, -0.1) is 15.3 Å². The summed E-state index contributed by atoms with van der Waals surface area (Å²) in [6.07, 6.45) is 3.70. The number of hydrogen-bond acceptors (Lipinski definition) is 7. The first-order chi connectivity index (χ1) is 14.7. The molecule has 0 spiro atoms. The largest absolute Gasteiger partial charge is 0.291 e. The van der Waals surface area contributed by atoms with Crippen LogP contribution in [0.2, 0.25) is 0 Å². The van der Waals surface area contributed by atoms with Crippen molar-refractivity contribution in [3.8, 4) is 22.6 Å². The van der Waals surface area contributed by atoms with E-state index in [-0.39, 0.29) is 5.78 Å². The second kappa shape index (κ2) is 8.73. The molecule has 3 heterocycles. The first-order valence-electron chi connectivity index (χ1n) is 9.94. The van der Waals surface area contributed by atoms with Gasteiger partial charge in [0.15, 0.2) is 0 Å². The lowest BCUT2D eigenvalue weighted by Gasteiger charge is -2.08. The Hall–Kier alpha value is -3.75. The van der Waals surface area contributed by atoms with E-state index in [0.29, 0.717) is 24.5 Å². The summed E-state index contributed by atoms with van der Waals surface area (Å²) in [5, 5.41) is 18.7. The third-order valence-corrected chi connectivity index (χ3v) is 4.73. The molecule has 30 heavy (non-hydrogen) atoms. The van der Waals surface area contributed by atoms with Crippen LogP contribution in [-0.2, 0) is 13.0 Å². The molecule has 9 heteroatoms. The molecule has 0 radical (unpaired) electrons. The molecule has 0 aliphatic heterocycles. The number of nitrogens with zero attached hydrogens (tertiary/aromatic N) is 7. The molecule has 9 nitrogen and oxygen atoms in total. The maximum atomic E-state index is 12.0. The fourth-order valence-corrected chi connectivity index (χ4v) is 3.22. The molecule has 152 valence electrons. The van der Waals surface area contributed by atoms with Crippen LogP contribution in [0.25, 0.3) is 22.6 Å². The van der Waals surface area contributed by atoms with Gasteiger partial charge < -0.3 is 0 Å². The van der Waals surface area contributed by atoms with Gasteiger partial charge in [0, 0.05) is 36.7 Å². The van der Waals surface area contributed by atoms with Crippen molar-refractivity contribution in [3.05, 3.63) is 59.8 Å². The number of ketones is 1.